The zero-order valence-electron chi connectivity index (χ0n) is 4.71. The molecule has 0 aromatic rings. The van der Waals surface area contributed by atoms with Gasteiger partial charge in [0.05, 0.1) is 0 Å². The van der Waals surface area contributed by atoms with Gasteiger partial charge in [0.2, 0.25) is 0 Å². The fourth-order valence-corrected chi connectivity index (χ4v) is 0. The average molecular weight is 168 g/mol. The SMILES string of the molecule is O=[C-]O.O=[C-]O.[K+].[K+]. The van der Waals surface area contributed by atoms with Crippen molar-refractivity contribution in [2.45, 2.75) is 0 Å². The van der Waals surface area contributed by atoms with Gasteiger partial charge in [0.25, 0.3) is 0 Å². The van der Waals surface area contributed by atoms with Crippen LogP contribution in [0.2, 0.25) is 0 Å². The fraction of sp³-hybridized carbons (Fsp3) is 0. The van der Waals surface area contributed by atoms with E-state index in [9.17, 15) is 0 Å². The van der Waals surface area contributed by atoms with Crippen molar-refractivity contribution in [3.05, 3.63) is 0 Å². The van der Waals surface area contributed by atoms with Gasteiger partial charge in [0, 0.05) is 0 Å². The Kier molecular flexibility index (Phi) is 98.3. The Hall–Kier alpha value is 2.21. The van der Waals surface area contributed by atoms with Gasteiger partial charge in [-0.3, -0.25) is 0 Å². The minimum Gasteiger partial charge on any atom is -0.665 e. The molecule has 0 spiro atoms. The zero-order valence-corrected chi connectivity index (χ0v) is 11.0. The second-order valence-electron chi connectivity index (χ2n) is 0.183. The topological polar surface area (TPSA) is 74.6 Å². The van der Waals surface area contributed by atoms with Crippen LogP contribution in [-0.2, 0) is 9.59 Å². The number of rotatable bonds is 0. The molecule has 0 aromatic heterocycles. The largest absolute Gasteiger partial charge is 1.00 e. The molecular formula is C2H2K2O4. The third-order valence-corrected chi connectivity index (χ3v) is 0. The van der Waals surface area contributed by atoms with Crippen LogP contribution in [0.3, 0.4) is 0 Å². The van der Waals surface area contributed by atoms with Gasteiger partial charge >= 0.3 is 103 Å². The van der Waals surface area contributed by atoms with E-state index < -0.39 is 0 Å². The summed E-state index contributed by atoms with van der Waals surface area (Å²) in [6.45, 7) is 1.00. The first kappa shape index (κ1) is 22.5. The quantitative estimate of drug-likeness (QED) is 0.278. The molecular weight excluding hydrogens is 166 g/mol. The van der Waals surface area contributed by atoms with E-state index >= 15 is 0 Å². The van der Waals surface area contributed by atoms with Crippen molar-refractivity contribution in [1.29, 1.82) is 0 Å². The molecule has 6 heteroatoms. The second kappa shape index (κ2) is 35.0. The van der Waals surface area contributed by atoms with E-state index in [1.807, 2.05) is 0 Å². The van der Waals surface area contributed by atoms with Crippen molar-refractivity contribution in [2.75, 3.05) is 0 Å². The summed E-state index contributed by atoms with van der Waals surface area (Å²) in [6, 6.07) is 0. The number of hydrogen-bond acceptors (Lipinski definition) is 2. The van der Waals surface area contributed by atoms with Gasteiger partial charge in [-0.25, -0.2) is 0 Å². The molecule has 0 aliphatic heterocycles. The smallest absolute Gasteiger partial charge is 0.665 e. The molecule has 0 radical (unpaired) electrons. The minimum absolute atomic E-state index is 0. The molecule has 8 heavy (non-hydrogen) atoms. The maximum Gasteiger partial charge on any atom is 1.00 e. The summed E-state index contributed by atoms with van der Waals surface area (Å²) >= 11 is 0. The van der Waals surface area contributed by atoms with E-state index in [0.29, 0.717) is 12.9 Å². The first-order valence-electron chi connectivity index (χ1n) is 0.855. The van der Waals surface area contributed by atoms with E-state index in [1.54, 1.807) is 0 Å². The molecule has 0 rings (SSSR count). The van der Waals surface area contributed by atoms with E-state index in [0.717, 1.165) is 0 Å². The summed E-state index contributed by atoms with van der Waals surface area (Å²) in [4.78, 5) is 16.5. The molecule has 2 N–H and O–H groups in total. The van der Waals surface area contributed by atoms with Crippen molar-refractivity contribution in [2.24, 2.45) is 0 Å². The first-order chi connectivity index (χ1) is 2.83. The molecule has 0 saturated carbocycles. The van der Waals surface area contributed by atoms with Crippen LogP contribution in [0.4, 0.5) is 0 Å². The predicted octanol–water partition coefficient (Wildman–Crippen LogP) is -6.77. The van der Waals surface area contributed by atoms with Crippen LogP contribution in [0, 0.1) is 0 Å². The third-order valence-electron chi connectivity index (χ3n) is 0. The van der Waals surface area contributed by atoms with E-state index in [4.69, 9.17) is 19.8 Å². The Morgan fingerprint density at radius 1 is 0.875 bits per heavy atom. The molecule has 0 aromatic carbocycles. The zero-order chi connectivity index (χ0) is 5.41. The molecule has 0 unspecified atom stereocenters. The fourth-order valence-electron chi connectivity index (χ4n) is 0. The minimum atomic E-state index is 0. The van der Waals surface area contributed by atoms with Crippen LogP contribution in [0.25, 0.3) is 0 Å². The molecule has 0 atom stereocenters. The van der Waals surface area contributed by atoms with Crippen LogP contribution < -0.4 is 103 Å². The van der Waals surface area contributed by atoms with Crippen LogP contribution in [0.5, 0.6) is 0 Å². The molecule has 0 aliphatic carbocycles. The Balaban J connectivity index is -0.0000000160. The van der Waals surface area contributed by atoms with Crippen LogP contribution in [0.1, 0.15) is 0 Å². The standard InChI is InChI=1S/2CHO2.2K/c2*2-1-3;;/h2*(H,2,3);;/q2*-1;2*+1. The van der Waals surface area contributed by atoms with Gasteiger partial charge in [-0.2, -0.15) is 0 Å². The Morgan fingerprint density at radius 3 is 0.875 bits per heavy atom. The summed E-state index contributed by atoms with van der Waals surface area (Å²) in [5.74, 6) is 0. The summed E-state index contributed by atoms with van der Waals surface area (Å²) in [5, 5.41) is 13.5. The number of aliphatic hydroxyl groups excluding tert-OH is 2. The van der Waals surface area contributed by atoms with Gasteiger partial charge in [-0.15, -0.1) is 0 Å². The maximum atomic E-state index is 8.24. The Morgan fingerprint density at radius 2 is 0.875 bits per heavy atom. The third kappa shape index (κ3) is 87.3. The van der Waals surface area contributed by atoms with E-state index in [1.165, 1.54) is 0 Å². The first-order valence-corrected chi connectivity index (χ1v) is 0.855. The summed E-state index contributed by atoms with van der Waals surface area (Å²) in [6.07, 6.45) is 0. The number of hydrogen-bond donors (Lipinski definition) is 2. The maximum absolute atomic E-state index is 8.24. The van der Waals surface area contributed by atoms with Gasteiger partial charge < -0.3 is 19.8 Å². The second-order valence-corrected chi connectivity index (χ2v) is 0.183. The molecule has 0 amide bonds. The van der Waals surface area contributed by atoms with Crippen molar-refractivity contribution < 1.29 is 123 Å². The van der Waals surface area contributed by atoms with Gasteiger partial charge in [-0.1, -0.05) is 12.9 Å². The van der Waals surface area contributed by atoms with Gasteiger partial charge in [0.15, 0.2) is 0 Å². The molecule has 0 fully saturated rings. The van der Waals surface area contributed by atoms with Gasteiger partial charge in [-0.05, 0) is 0 Å². The molecule has 0 heterocycles. The molecule has 0 saturated heterocycles. The summed E-state index contributed by atoms with van der Waals surface area (Å²) < 4.78 is 0. The van der Waals surface area contributed by atoms with Gasteiger partial charge in [0.1, 0.15) is 0 Å². The van der Waals surface area contributed by atoms with Crippen molar-refractivity contribution >= 4 is 12.9 Å². The normalized spacial score (nSPS) is 3.00. The monoisotopic (exact) mass is 168 g/mol. The molecule has 36 valence electrons. The Labute approximate surface area is 132 Å². The molecule has 0 bridgehead atoms. The van der Waals surface area contributed by atoms with Crippen molar-refractivity contribution in [3.8, 4) is 0 Å². The summed E-state index contributed by atoms with van der Waals surface area (Å²) in [5.41, 5.74) is 0. The van der Waals surface area contributed by atoms with Crippen molar-refractivity contribution in [1.82, 2.24) is 0 Å². The van der Waals surface area contributed by atoms with E-state index in [-0.39, 0.29) is 103 Å². The van der Waals surface area contributed by atoms with Crippen LogP contribution in [-0.4, -0.2) is 23.2 Å². The summed E-state index contributed by atoms with van der Waals surface area (Å²) in [7, 11) is 0. The molecule has 0 aliphatic rings. The average Bonchev–Trinajstić information content (AvgIpc) is 1.39. The predicted molar refractivity (Wildman–Crippen MR) is 16.6 cm³/mol. The van der Waals surface area contributed by atoms with E-state index in [2.05, 4.69) is 0 Å². The van der Waals surface area contributed by atoms with Crippen LogP contribution >= 0.6 is 0 Å². The molecule has 4 nitrogen and oxygen atoms in total. The van der Waals surface area contributed by atoms with Crippen LogP contribution in [0.15, 0.2) is 0 Å². The van der Waals surface area contributed by atoms with Crippen molar-refractivity contribution in [3.63, 3.8) is 0 Å². The Bertz CT molecular complexity index is 33.0.